The van der Waals surface area contributed by atoms with Crippen LogP contribution in [0.25, 0.3) is 0 Å². The van der Waals surface area contributed by atoms with E-state index in [2.05, 4.69) is 0 Å². The molecule has 0 aliphatic rings. The van der Waals surface area contributed by atoms with Gasteiger partial charge in [-0.25, -0.2) is 4.79 Å². The first-order valence-electron chi connectivity index (χ1n) is 5.56. The largest absolute Gasteiger partial charge is 0.453 e. The molecule has 0 atom stereocenters. The third-order valence-electron chi connectivity index (χ3n) is 2.44. The third-order valence-corrected chi connectivity index (χ3v) is 3.29. The number of hydrogen-bond donors (Lipinski definition) is 0. The minimum absolute atomic E-state index is 0.137. The van der Waals surface area contributed by atoms with E-state index in [1.807, 2.05) is 0 Å². The van der Waals surface area contributed by atoms with Crippen molar-refractivity contribution in [1.29, 1.82) is 0 Å². The van der Waals surface area contributed by atoms with Crippen LogP contribution < -0.4 is 0 Å². The molecule has 0 fully saturated rings. The molecule has 0 N–H and O–H groups in total. The fourth-order valence-electron chi connectivity index (χ4n) is 1.47. The van der Waals surface area contributed by atoms with Crippen LogP contribution in [0.1, 0.15) is 20.0 Å². The molecule has 2 aromatic rings. The summed E-state index contributed by atoms with van der Waals surface area (Å²) in [6.07, 6.45) is 0. The normalized spacial score (nSPS) is 10.0. The molecular formula is C13H9NO5S. The highest BCUT2D eigenvalue weighted by atomic mass is 32.1. The molecule has 6 nitrogen and oxygen atoms in total. The van der Waals surface area contributed by atoms with E-state index in [4.69, 9.17) is 4.74 Å². The lowest BCUT2D eigenvalue weighted by Crippen LogP contribution is -2.13. The number of thiophene rings is 1. The van der Waals surface area contributed by atoms with E-state index < -0.39 is 23.3 Å². The number of esters is 1. The Morgan fingerprint density at radius 3 is 2.70 bits per heavy atom. The molecule has 102 valence electrons. The Bertz CT molecular complexity index is 651. The van der Waals surface area contributed by atoms with Crippen LogP contribution in [0.4, 0.5) is 5.69 Å². The fourth-order valence-corrected chi connectivity index (χ4v) is 2.09. The summed E-state index contributed by atoms with van der Waals surface area (Å²) in [5, 5.41) is 12.3. The van der Waals surface area contributed by atoms with Crippen molar-refractivity contribution < 1.29 is 19.2 Å². The number of non-ortho nitro benzene ring substituents is 1. The molecule has 1 aromatic heterocycles. The topological polar surface area (TPSA) is 86.5 Å². The summed E-state index contributed by atoms with van der Waals surface area (Å²) in [7, 11) is 0. The number of carbonyl (C=O) groups is 2. The zero-order chi connectivity index (χ0) is 14.5. The first kappa shape index (κ1) is 13.9. The SMILES string of the molecule is O=C(COC(=O)c1cccs1)c1cccc([N+](=O)[O-])c1. The van der Waals surface area contributed by atoms with Crippen LogP contribution in [0.15, 0.2) is 41.8 Å². The highest BCUT2D eigenvalue weighted by molar-refractivity contribution is 7.11. The molecule has 0 radical (unpaired) electrons. The zero-order valence-electron chi connectivity index (χ0n) is 10.1. The molecule has 0 bridgehead atoms. The number of ether oxygens (including phenoxy) is 1. The number of rotatable bonds is 5. The highest BCUT2D eigenvalue weighted by Crippen LogP contribution is 2.14. The maximum absolute atomic E-state index is 11.8. The van der Waals surface area contributed by atoms with Gasteiger partial charge in [-0.15, -0.1) is 11.3 Å². The Balaban J connectivity index is 2.00. The van der Waals surface area contributed by atoms with Crippen molar-refractivity contribution in [2.45, 2.75) is 0 Å². The standard InChI is InChI=1S/C13H9NO5S/c15-11(8-19-13(16)12-5-2-6-20-12)9-3-1-4-10(7-9)14(17)18/h1-7H,8H2. The number of nitro groups is 1. The summed E-state index contributed by atoms with van der Waals surface area (Å²) in [5.74, 6) is -1.07. The van der Waals surface area contributed by atoms with Gasteiger partial charge in [0.05, 0.1) is 4.92 Å². The van der Waals surface area contributed by atoms with Crippen molar-refractivity contribution in [2.75, 3.05) is 6.61 Å². The smallest absolute Gasteiger partial charge is 0.348 e. The monoisotopic (exact) mass is 291 g/mol. The van der Waals surface area contributed by atoms with Gasteiger partial charge in [-0.2, -0.15) is 0 Å². The second-order valence-corrected chi connectivity index (χ2v) is 4.73. The second kappa shape index (κ2) is 6.07. The van der Waals surface area contributed by atoms with Gasteiger partial charge in [0.1, 0.15) is 4.88 Å². The van der Waals surface area contributed by atoms with E-state index in [1.165, 1.54) is 29.5 Å². The average molecular weight is 291 g/mol. The van der Waals surface area contributed by atoms with E-state index in [-0.39, 0.29) is 11.3 Å². The lowest BCUT2D eigenvalue weighted by molar-refractivity contribution is -0.384. The third kappa shape index (κ3) is 3.27. The van der Waals surface area contributed by atoms with E-state index in [1.54, 1.807) is 17.5 Å². The van der Waals surface area contributed by atoms with Crippen molar-refractivity contribution >= 4 is 28.8 Å². The molecule has 0 spiro atoms. The molecule has 2 rings (SSSR count). The Morgan fingerprint density at radius 2 is 2.05 bits per heavy atom. The summed E-state index contributed by atoms with van der Waals surface area (Å²) >= 11 is 1.21. The molecule has 0 aliphatic heterocycles. The summed E-state index contributed by atoms with van der Waals surface area (Å²) < 4.78 is 4.86. The van der Waals surface area contributed by atoms with Crippen LogP contribution in [0.2, 0.25) is 0 Å². The Morgan fingerprint density at radius 1 is 1.25 bits per heavy atom. The van der Waals surface area contributed by atoms with Crippen LogP contribution in [-0.4, -0.2) is 23.3 Å². The molecule has 0 aliphatic carbocycles. The lowest BCUT2D eigenvalue weighted by Gasteiger charge is -2.03. The van der Waals surface area contributed by atoms with E-state index in [9.17, 15) is 19.7 Å². The van der Waals surface area contributed by atoms with Crippen molar-refractivity contribution in [3.8, 4) is 0 Å². The van der Waals surface area contributed by atoms with E-state index in [0.717, 1.165) is 6.07 Å². The minimum Gasteiger partial charge on any atom is -0.453 e. The Labute approximate surface area is 117 Å². The molecule has 0 unspecified atom stereocenters. The predicted octanol–water partition coefficient (Wildman–Crippen LogP) is 2.70. The maximum Gasteiger partial charge on any atom is 0.348 e. The van der Waals surface area contributed by atoms with Gasteiger partial charge in [0.15, 0.2) is 6.61 Å². The second-order valence-electron chi connectivity index (χ2n) is 3.78. The molecule has 1 aromatic carbocycles. The van der Waals surface area contributed by atoms with Gasteiger partial charge in [0.2, 0.25) is 5.78 Å². The van der Waals surface area contributed by atoms with E-state index >= 15 is 0 Å². The summed E-state index contributed by atoms with van der Waals surface area (Å²) in [4.78, 5) is 33.8. The molecular weight excluding hydrogens is 282 g/mol. The molecule has 1 heterocycles. The molecule has 0 saturated carbocycles. The maximum atomic E-state index is 11.8. The average Bonchev–Trinajstić information content (AvgIpc) is 2.98. The molecule has 0 amide bonds. The number of nitrogens with zero attached hydrogens (tertiary/aromatic N) is 1. The number of nitro benzene ring substituents is 1. The molecule has 0 saturated heterocycles. The summed E-state index contributed by atoms with van der Waals surface area (Å²) in [5.41, 5.74) is -0.0430. The van der Waals surface area contributed by atoms with Crippen LogP contribution in [0, 0.1) is 10.1 Å². The van der Waals surface area contributed by atoms with Gasteiger partial charge in [0.25, 0.3) is 5.69 Å². The van der Waals surface area contributed by atoms with Gasteiger partial charge in [-0.1, -0.05) is 18.2 Å². The van der Waals surface area contributed by atoms with Gasteiger partial charge < -0.3 is 4.74 Å². The number of benzene rings is 1. The molecule has 20 heavy (non-hydrogen) atoms. The van der Waals surface area contributed by atoms with Gasteiger partial charge in [0, 0.05) is 17.7 Å². The van der Waals surface area contributed by atoms with Crippen molar-refractivity contribution in [3.05, 3.63) is 62.3 Å². The molecule has 7 heteroatoms. The van der Waals surface area contributed by atoms with E-state index in [0.29, 0.717) is 4.88 Å². The van der Waals surface area contributed by atoms with Gasteiger partial charge in [-0.3, -0.25) is 14.9 Å². The fraction of sp³-hybridized carbons (Fsp3) is 0.0769. The number of Topliss-reactive ketones (excluding diaryl/α,β-unsaturated/α-hetero) is 1. The number of ketones is 1. The van der Waals surface area contributed by atoms with Gasteiger partial charge in [-0.05, 0) is 11.4 Å². The van der Waals surface area contributed by atoms with Crippen molar-refractivity contribution in [2.24, 2.45) is 0 Å². The van der Waals surface area contributed by atoms with Crippen molar-refractivity contribution in [3.63, 3.8) is 0 Å². The highest BCUT2D eigenvalue weighted by Gasteiger charge is 2.14. The van der Waals surface area contributed by atoms with Crippen LogP contribution in [0.5, 0.6) is 0 Å². The zero-order valence-corrected chi connectivity index (χ0v) is 11.0. The minimum atomic E-state index is -0.589. The van der Waals surface area contributed by atoms with Gasteiger partial charge >= 0.3 is 5.97 Å². The number of carbonyl (C=O) groups excluding carboxylic acids is 2. The predicted molar refractivity (Wildman–Crippen MR) is 72.0 cm³/mol. The van der Waals surface area contributed by atoms with Crippen LogP contribution >= 0.6 is 11.3 Å². The van der Waals surface area contributed by atoms with Crippen LogP contribution in [0.3, 0.4) is 0 Å². The quantitative estimate of drug-likeness (QED) is 0.366. The summed E-state index contributed by atoms with van der Waals surface area (Å²) in [6, 6.07) is 8.57. The van der Waals surface area contributed by atoms with Crippen molar-refractivity contribution in [1.82, 2.24) is 0 Å². The lowest BCUT2D eigenvalue weighted by atomic mass is 10.1. The first-order valence-corrected chi connectivity index (χ1v) is 6.44. The Hall–Kier alpha value is -2.54. The summed E-state index contributed by atoms with van der Waals surface area (Å²) in [6.45, 7) is -0.447. The number of hydrogen-bond acceptors (Lipinski definition) is 6. The Kier molecular flexibility index (Phi) is 4.21. The first-order chi connectivity index (χ1) is 9.58. The van der Waals surface area contributed by atoms with Crippen LogP contribution in [-0.2, 0) is 4.74 Å².